The van der Waals surface area contributed by atoms with Crippen LogP contribution in [0, 0.1) is 0 Å². The molecule has 5 heteroatoms. The molecule has 4 nitrogen and oxygen atoms in total. The van der Waals surface area contributed by atoms with Gasteiger partial charge in [0.2, 0.25) is 0 Å². The van der Waals surface area contributed by atoms with E-state index in [4.69, 9.17) is 9.47 Å². The van der Waals surface area contributed by atoms with Gasteiger partial charge in [0, 0.05) is 4.47 Å². The standard InChI is InChI=1S/C22H24BrNO3/c1-22(2,3)27-21(25)24-20-18-7-5-4-6-16(18)10-13-19(20)26-14-15-8-11-17(23)12-9-15/h4-13,19-20H,14H2,1-3H3,(H,24,25)/t19-,20-/m0/s1. The first-order chi connectivity index (χ1) is 12.8. The second-order valence-electron chi connectivity index (χ2n) is 7.51. The maximum atomic E-state index is 12.4. The first-order valence-corrected chi connectivity index (χ1v) is 9.74. The van der Waals surface area contributed by atoms with Crippen molar-refractivity contribution in [3.05, 3.63) is 75.8 Å². The van der Waals surface area contributed by atoms with Crippen LogP contribution in [-0.4, -0.2) is 17.8 Å². The van der Waals surface area contributed by atoms with E-state index in [-0.39, 0.29) is 12.1 Å². The van der Waals surface area contributed by atoms with E-state index >= 15 is 0 Å². The topological polar surface area (TPSA) is 47.6 Å². The summed E-state index contributed by atoms with van der Waals surface area (Å²) < 4.78 is 12.6. The highest BCUT2D eigenvalue weighted by molar-refractivity contribution is 9.10. The number of amides is 1. The number of fused-ring (bicyclic) bond motifs is 1. The number of nitrogens with one attached hydrogen (secondary N) is 1. The molecule has 3 rings (SSSR count). The highest BCUT2D eigenvalue weighted by Crippen LogP contribution is 2.31. The van der Waals surface area contributed by atoms with Gasteiger partial charge in [-0.3, -0.25) is 0 Å². The molecule has 2 aromatic carbocycles. The van der Waals surface area contributed by atoms with E-state index in [1.807, 2.05) is 81.5 Å². The Balaban J connectivity index is 1.76. The summed E-state index contributed by atoms with van der Waals surface area (Å²) in [5, 5.41) is 2.98. The number of ether oxygens (including phenoxy) is 2. The Kier molecular flexibility index (Phi) is 6.02. The van der Waals surface area contributed by atoms with Gasteiger partial charge in [-0.25, -0.2) is 4.79 Å². The molecule has 0 heterocycles. The number of alkyl carbamates (subject to hydrolysis) is 1. The van der Waals surface area contributed by atoms with Crippen LogP contribution >= 0.6 is 15.9 Å². The van der Waals surface area contributed by atoms with Gasteiger partial charge in [0.1, 0.15) is 11.7 Å². The molecule has 0 fully saturated rings. The van der Waals surface area contributed by atoms with Gasteiger partial charge in [-0.1, -0.05) is 64.5 Å². The average molecular weight is 430 g/mol. The molecule has 1 amide bonds. The highest BCUT2D eigenvalue weighted by Gasteiger charge is 2.30. The fraction of sp³-hybridized carbons (Fsp3) is 0.318. The lowest BCUT2D eigenvalue weighted by Gasteiger charge is -2.31. The molecule has 0 aliphatic heterocycles. The fourth-order valence-corrected chi connectivity index (χ4v) is 3.22. The van der Waals surface area contributed by atoms with Crippen molar-refractivity contribution in [3.8, 4) is 0 Å². The zero-order chi connectivity index (χ0) is 19.4. The maximum absolute atomic E-state index is 12.4. The van der Waals surface area contributed by atoms with Crippen LogP contribution < -0.4 is 5.32 Å². The summed E-state index contributed by atoms with van der Waals surface area (Å²) in [6.45, 7) is 6.01. The van der Waals surface area contributed by atoms with Gasteiger partial charge < -0.3 is 14.8 Å². The average Bonchev–Trinajstić information content (AvgIpc) is 2.61. The van der Waals surface area contributed by atoms with Crippen LogP contribution in [0.1, 0.15) is 43.5 Å². The summed E-state index contributed by atoms with van der Waals surface area (Å²) in [5.41, 5.74) is 2.61. The zero-order valence-electron chi connectivity index (χ0n) is 15.7. The van der Waals surface area contributed by atoms with Crippen LogP contribution in [0.2, 0.25) is 0 Å². The summed E-state index contributed by atoms with van der Waals surface area (Å²) >= 11 is 3.44. The predicted molar refractivity (Wildman–Crippen MR) is 110 cm³/mol. The van der Waals surface area contributed by atoms with E-state index in [9.17, 15) is 4.79 Å². The minimum absolute atomic E-state index is 0.281. The number of benzene rings is 2. The summed E-state index contributed by atoms with van der Waals surface area (Å²) in [5.74, 6) is 0. The van der Waals surface area contributed by atoms with Crippen LogP contribution in [0.3, 0.4) is 0 Å². The van der Waals surface area contributed by atoms with Crippen LogP contribution in [0.15, 0.2) is 59.1 Å². The summed E-state index contributed by atoms with van der Waals surface area (Å²) in [6.07, 6.45) is 3.30. The van der Waals surface area contributed by atoms with E-state index in [0.29, 0.717) is 6.61 Å². The van der Waals surface area contributed by atoms with E-state index < -0.39 is 11.7 Å². The Morgan fingerprint density at radius 1 is 1.11 bits per heavy atom. The summed E-state index contributed by atoms with van der Waals surface area (Å²) in [6, 6.07) is 15.7. The third kappa shape index (κ3) is 5.44. The zero-order valence-corrected chi connectivity index (χ0v) is 17.3. The van der Waals surface area contributed by atoms with E-state index in [0.717, 1.165) is 21.2 Å². The quantitative estimate of drug-likeness (QED) is 0.684. The molecule has 142 valence electrons. The number of carbonyl (C=O) groups excluding carboxylic acids is 1. The van der Waals surface area contributed by atoms with Gasteiger partial charge in [-0.15, -0.1) is 0 Å². The Labute approximate surface area is 168 Å². The van der Waals surface area contributed by atoms with E-state index in [1.165, 1.54) is 0 Å². The second kappa shape index (κ2) is 8.28. The van der Waals surface area contributed by atoms with Crippen LogP contribution in [0.5, 0.6) is 0 Å². The first-order valence-electron chi connectivity index (χ1n) is 8.94. The van der Waals surface area contributed by atoms with Crippen LogP contribution in [-0.2, 0) is 16.1 Å². The Hall–Kier alpha value is -2.11. The second-order valence-corrected chi connectivity index (χ2v) is 8.43. The van der Waals surface area contributed by atoms with Gasteiger partial charge in [-0.05, 0) is 49.6 Å². The number of carbonyl (C=O) groups is 1. The lowest BCUT2D eigenvalue weighted by Crippen LogP contribution is -2.41. The van der Waals surface area contributed by atoms with Crippen molar-refractivity contribution < 1.29 is 14.3 Å². The number of hydrogen-bond acceptors (Lipinski definition) is 3. The molecule has 0 radical (unpaired) electrons. The summed E-state index contributed by atoms with van der Waals surface area (Å²) in [7, 11) is 0. The molecular formula is C22H24BrNO3. The SMILES string of the molecule is CC(C)(C)OC(=O)N[C@H]1c2ccccc2C=C[C@@H]1OCc1ccc(Br)cc1. The lowest BCUT2D eigenvalue weighted by molar-refractivity contribution is 0.0256. The number of rotatable bonds is 4. The Morgan fingerprint density at radius 3 is 2.52 bits per heavy atom. The normalized spacial score (nSPS) is 18.7. The molecule has 0 aromatic heterocycles. The third-order valence-electron chi connectivity index (χ3n) is 4.15. The molecule has 1 aliphatic carbocycles. The molecular weight excluding hydrogens is 406 g/mol. The van der Waals surface area contributed by atoms with Crippen LogP contribution in [0.25, 0.3) is 6.08 Å². The number of hydrogen-bond donors (Lipinski definition) is 1. The van der Waals surface area contributed by atoms with Crippen molar-refractivity contribution in [1.29, 1.82) is 0 Å². The molecule has 0 saturated carbocycles. The molecule has 0 bridgehead atoms. The molecule has 2 atom stereocenters. The fourth-order valence-electron chi connectivity index (χ4n) is 2.95. The van der Waals surface area contributed by atoms with Gasteiger partial charge in [0.15, 0.2) is 0 Å². The molecule has 0 unspecified atom stereocenters. The van der Waals surface area contributed by atoms with Crippen molar-refractivity contribution in [2.45, 2.75) is 45.1 Å². The van der Waals surface area contributed by atoms with Crippen molar-refractivity contribution >= 4 is 28.1 Å². The van der Waals surface area contributed by atoms with E-state index in [2.05, 4.69) is 21.2 Å². The van der Waals surface area contributed by atoms with Crippen molar-refractivity contribution in [2.75, 3.05) is 0 Å². The lowest BCUT2D eigenvalue weighted by atomic mass is 9.91. The van der Waals surface area contributed by atoms with Gasteiger partial charge in [0.25, 0.3) is 0 Å². The van der Waals surface area contributed by atoms with Gasteiger partial charge >= 0.3 is 6.09 Å². The van der Waals surface area contributed by atoms with Gasteiger partial charge in [-0.2, -0.15) is 0 Å². The largest absolute Gasteiger partial charge is 0.444 e. The Bertz CT molecular complexity index is 824. The molecule has 2 aromatic rings. The van der Waals surface area contributed by atoms with Crippen molar-refractivity contribution in [1.82, 2.24) is 5.32 Å². The van der Waals surface area contributed by atoms with Crippen molar-refractivity contribution in [2.24, 2.45) is 0 Å². The minimum Gasteiger partial charge on any atom is -0.444 e. The number of halogens is 1. The Morgan fingerprint density at radius 2 is 1.81 bits per heavy atom. The van der Waals surface area contributed by atoms with Crippen molar-refractivity contribution in [3.63, 3.8) is 0 Å². The third-order valence-corrected chi connectivity index (χ3v) is 4.68. The predicted octanol–water partition coefficient (Wildman–Crippen LogP) is 5.63. The molecule has 0 spiro atoms. The monoisotopic (exact) mass is 429 g/mol. The summed E-state index contributed by atoms with van der Waals surface area (Å²) in [4.78, 5) is 12.4. The van der Waals surface area contributed by atoms with Crippen LogP contribution in [0.4, 0.5) is 4.79 Å². The minimum atomic E-state index is -0.554. The smallest absolute Gasteiger partial charge is 0.408 e. The maximum Gasteiger partial charge on any atom is 0.408 e. The first kappa shape index (κ1) is 19.6. The molecule has 27 heavy (non-hydrogen) atoms. The molecule has 1 aliphatic rings. The molecule has 0 saturated heterocycles. The highest BCUT2D eigenvalue weighted by atomic mass is 79.9. The molecule has 1 N–H and O–H groups in total. The van der Waals surface area contributed by atoms with Gasteiger partial charge in [0.05, 0.1) is 12.6 Å². The van der Waals surface area contributed by atoms with E-state index in [1.54, 1.807) is 0 Å².